The molecule has 5 nitrogen and oxygen atoms in total. The molecule has 0 aromatic heterocycles. The molecule has 2 N–H and O–H groups in total. The van der Waals surface area contributed by atoms with E-state index in [2.05, 4.69) is 36.6 Å². The molecule has 0 saturated carbocycles. The number of carbonyl (C=O) groups is 2. The van der Waals surface area contributed by atoms with Gasteiger partial charge in [0.15, 0.2) is 0 Å². The van der Waals surface area contributed by atoms with E-state index in [0.29, 0.717) is 27.5 Å². The predicted octanol–water partition coefficient (Wildman–Crippen LogP) is 6.04. The lowest BCUT2D eigenvalue weighted by molar-refractivity contribution is 0.0954. The van der Waals surface area contributed by atoms with Crippen molar-refractivity contribution < 1.29 is 9.59 Å². The van der Waals surface area contributed by atoms with Crippen LogP contribution < -0.4 is 10.7 Å². The average molecular weight is 448 g/mol. The van der Waals surface area contributed by atoms with Crippen molar-refractivity contribution in [2.24, 2.45) is 5.10 Å². The third kappa shape index (κ3) is 6.05. The maximum absolute atomic E-state index is 12.5. The SMILES string of the molecule is C/C(=N/NC(=O)c1ccc(C(C)(C)C)cc1)c1cccc(NC(=O)c2ccc(Cl)cc2)c1. The fourth-order valence-electron chi connectivity index (χ4n) is 3.01. The fourth-order valence-corrected chi connectivity index (χ4v) is 3.14. The van der Waals surface area contributed by atoms with E-state index in [1.165, 1.54) is 0 Å². The monoisotopic (exact) mass is 447 g/mol. The Hall–Kier alpha value is -3.44. The summed E-state index contributed by atoms with van der Waals surface area (Å²) in [6, 6.07) is 21.5. The highest BCUT2D eigenvalue weighted by molar-refractivity contribution is 6.30. The maximum atomic E-state index is 12.5. The van der Waals surface area contributed by atoms with Gasteiger partial charge in [-0.1, -0.05) is 56.6 Å². The van der Waals surface area contributed by atoms with Gasteiger partial charge in [-0.15, -0.1) is 0 Å². The summed E-state index contributed by atoms with van der Waals surface area (Å²) < 4.78 is 0. The summed E-state index contributed by atoms with van der Waals surface area (Å²) in [6.45, 7) is 8.17. The molecule has 2 amide bonds. The highest BCUT2D eigenvalue weighted by Gasteiger charge is 2.14. The second kappa shape index (κ2) is 9.79. The van der Waals surface area contributed by atoms with Gasteiger partial charge < -0.3 is 5.32 Å². The molecule has 0 unspecified atom stereocenters. The molecule has 0 heterocycles. The molecule has 0 aliphatic rings. The van der Waals surface area contributed by atoms with E-state index < -0.39 is 0 Å². The van der Waals surface area contributed by atoms with E-state index in [0.717, 1.165) is 11.1 Å². The van der Waals surface area contributed by atoms with Crippen molar-refractivity contribution in [1.29, 1.82) is 0 Å². The van der Waals surface area contributed by atoms with E-state index in [1.54, 1.807) is 55.5 Å². The Morgan fingerprint density at radius 1 is 0.812 bits per heavy atom. The van der Waals surface area contributed by atoms with Crippen LogP contribution in [-0.2, 0) is 5.41 Å². The molecule has 164 valence electrons. The molecule has 3 aromatic rings. The molecule has 6 heteroatoms. The number of halogens is 1. The van der Waals surface area contributed by atoms with Crippen LogP contribution in [0.2, 0.25) is 5.02 Å². The van der Waals surface area contributed by atoms with Gasteiger partial charge in [-0.2, -0.15) is 5.10 Å². The van der Waals surface area contributed by atoms with E-state index in [9.17, 15) is 9.59 Å². The van der Waals surface area contributed by atoms with Crippen molar-refractivity contribution in [3.8, 4) is 0 Å². The number of amides is 2. The van der Waals surface area contributed by atoms with Gasteiger partial charge >= 0.3 is 0 Å². The van der Waals surface area contributed by atoms with Crippen LogP contribution in [0.15, 0.2) is 77.9 Å². The Morgan fingerprint density at radius 3 is 2.03 bits per heavy atom. The standard InChI is InChI=1S/C26H26ClN3O2/c1-17(29-30-25(32)19-8-12-21(13-9-19)26(2,3)4)20-6-5-7-23(16-20)28-24(31)18-10-14-22(27)15-11-18/h5-16H,1-4H3,(H,28,31)(H,30,32)/b29-17-. The Morgan fingerprint density at radius 2 is 1.41 bits per heavy atom. The molecule has 0 radical (unpaired) electrons. The molecule has 0 aliphatic carbocycles. The van der Waals surface area contributed by atoms with Gasteiger partial charge in [-0.3, -0.25) is 9.59 Å². The lowest BCUT2D eigenvalue weighted by atomic mass is 9.87. The number of benzene rings is 3. The number of nitrogens with one attached hydrogen (secondary N) is 2. The van der Waals surface area contributed by atoms with Gasteiger partial charge in [0.2, 0.25) is 0 Å². The summed E-state index contributed by atoms with van der Waals surface area (Å²) in [6.07, 6.45) is 0. The van der Waals surface area contributed by atoms with Gasteiger partial charge in [0.25, 0.3) is 11.8 Å². The summed E-state index contributed by atoms with van der Waals surface area (Å²) in [5, 5.41) is 7.65. The van der Waals surface area contributed by atoms with E-state index in [-0.39, 0.29) is 17.2 Å². The lowest BCUT2D eigenvalue weighted by Gasteiger charge is -2.18. The fraction of sp³-hybridized carbons (Fsp3) is 0.192. The second-order valence-electron chi connectivity index (χ2n) is 8.51. The molecule has 0 spiro atoms. The van der Waals surface area contributed by atoms with E-state index in [4.69, 9.17) is 11.6 Å². The van der Waals surface area contributed by atoms with Crippen molar-refractivity contribution in [1.82, 2.24) is 5.43 Å². The minimum absolute atomic E-state index is 0.0255. The number of anilines is 1. The smallest absolute Gasteiger partial charge is 0.271 e. The Balaban J connectivity index is 1.67. The van der Waals surface area contributed by atoms with Gasteiger partial charge in [0, 0.05) is 21.8 Å². The van der Waals surface area contributed by atoms with Crippen LogP contribution in [0.1, 0.15) is 59.5 Å². The zero-order valence-electron chi connectivity index (χ0n) is 18.6. The molecule has 0 saturated heterocycles. The Labute approximate surface area is 193 Å². The number of hydrazone groups is 1. The highest BCUT2D eigenvalue weighted by Crippen LogP contribution is 2.22. The van der Waals surface area contributed by atoms with Crippen LogP contribution in [-0.4, -0.2) is 17.5 Å². The summed E-state index contributed by atoms with van der Waals surface area (Å²) >= 11 is 5.87. The summed E-state index contributed by atoms with van der Waals surface area (Å²) in [5.41, 5.74) is 6.85. The zero-order valence-corrected chi connectivity index (χ0v) is 19.3. The summed E-state index contributed by atoms with van der Waals surface area (Å²) in [4.78, 5) is 24.9. The first kappa shape index (κ1) is 23.2. The first-order chi connectivity index (χ1) is 15.1. The first-order valence-corrected chi connectivity index (χ1v) is 10.6. The van der Waals surface area contributed by atoms with Crippen molar-refractivity contribution in [2.75, 3.05) is 5.32 Å². The first-order valence-electron chi connectivity index (χ1n) is 10.3. The van der Waals surface area contributed by atoms with Crippen LogP contribution >= 0.6 is 11.6 Å². The van der Waals surface area contributed by atoms with E-state index >= 15 is 0 Å². The van der Waals surface area contributed by atoms with Crippen LogP contribution in [0.25, 0.3) is 0 Å². The second-order valence-corrected chi connectivity index (χ2v) is 8.94. The van der Waals surface area contributed by atoms with Crippen molar-refractivity contribution >= 4 is 34.8 Å². The Bertz CT molecular complexity index is 1140. The van der Waals surface area contributed by atoms with Crippen LogP contribution in [0.5, 0.6) is 0 Å². The van der Waals surface area contributed by atoms with Crippen LogP contribution in [0.3, 0.4) is 0 Å². The molecule has 3 aromatic carbocycles. The molecule has 32 heavy (non-hydrogen) atoms. The number of rotatable bonds is 5. The normalized spacial score (nSPS) is 11.7. The third-order valence-electron chi connectivity index (χ3n) is 4.98. The van der Waals surface area contributed by atoms with E-state index in [1.807, 2.05) is 24.3 Å². The molecule has 0 fully saturated rings. The average Bonchev–Trinajstić information content (AvgIpc) is 2.77. The van der Waals surface area contributed by atoms with Gasteiger partial charge in [0.1, 0.15) is 0 Å². The van der Waals surface area contributed by atoms with Crippen LogP contribution in [0.4, 0.5) is 5.69 Å². The Kier molecular flexibility index (Phi) is 7.11. The third-order valence-corrected chi connectivity index (χ3v) is 5.23. The summed E-state index contributed by atoms with van der Waals surface area (Å²) in [7, 11) is 0. The zero-order chi connectivity index (χ0) is 23.3. The highest BCUT2D eigenvalue weighted by atomic mass is 35.5. The van der Waals surface area contributed by atoms with Gasteiger partial charge in [-0.05, 0) is 72.0 Å². The van der Waals surface area contributed by atoms with Crippen molar-refractivity contribution in [2.45, 2.75) is 33.1 Å². The molecule has 3 rings (SSSR count). The quantitative estimate of drug-likeness (QED) is 0.369. The van der Waals surface area contributed by atoms with Crippen molar-refractivity contribution in [3.63, 3.8) is 0 Å². The minimum Gasteiger partial charge on any atom is -0.322 e. The van der Waals surface area contributed by atoms with Gasteiger partial charge in [-0.25, -0.2) is 5.43 Å². The molecular formula is C26H26ClN3O2. The maximum Gasteiger partial charge on any atom is 0.271 e. The topological polar surface area (TPSA) is 70.6 Å². The van der Waals surface area contributed by atoms with Gasteiger partial charge in [0.05, 0.1) is 5.71 Å². The largest absolute Gasteiger partial charge is 0.322 e. The number of hydrogen-bond acceptors (Lipinski definition) is 3. The number of nitrogens with zero attached hydrogens (tertiary/aromatic N) is 1. The number of carbonyl (C=O) groups excluding carboxylic acids is 2. The summed E-state index contributed by atoms with van der Waals surface area (Å²) in [5.74, 6) is -0.516. The van der Waals surface area contributed by atoms with Crippen molar-refractivity contribution in [3.05, 3.63) is 100 Å². The lowest BCUT2D eigenvalue weighted by Crippen LogP contribution is -2.20. The minimum atomic E-state index is -0.281. The molecular weight excluding hydrogens is 422 g/mol. The molecule has 0 bridgehead atoms. The molecule has 0 aliphatic heterocycles. The predicted molar refractivity (Wildman–Crippen MR) is 131 cm³/mol. The number of hydrogen-bond donors (Lipinski definition) is 2. The van der Waals surface area contributed by atoms with Crippen LogP contribution in [0, 0.1) is 0 Å². The molecule has 0 atom stereocenters.